The second-order valence-corrected chi connectivity index (χ2v) is 3.38. The predicted molar refractivity (Wildman–Crippen MR) is 61.4 cm³/mol. The summed E-state index contributed by atoms with van der Waals surface area (Å²) >= 11 is 0. The molecule has 0 radical (unpaired) electrons. The molecule has 0 aromatic heterocycles. The predicted octanol–water partition coefficient (Wildman–Crippen LogP) is 0.102. The van der Waals surface area contributed by atoms with Crippen LogP contribution in [-0.2, 0) is 4.79 Å². The van der Waals surface area contributed by atoms with Crippen LogP contribution >= 0.6 is 0 Å². The molecule has 0 saturated heterocycles. The molecule has 0 aliphatic heterocycles. The van der Waals surface area contributed by atoms with Crippen molar-refractivity contribution in [2.45, 2.75) is 20.3 Å². The van der Waals surface area contributed by atoms with E-state index in [1.54, 1.807) is 0 Å². The molecule has 0 spiro atoms. The summed E-state index contributed by atoms with van der Waals surface area (Å²) < 4.78 is 0. The zero-order valence-corrected chi connectivity index (χ0v) is 9.95. The first-order valence-corrected chi connectivity index (χ1v) is 5.56. The van der Waals surface area contributed by atoms with Gasteiger partial charge >= 0.3 is 12.0 Å². The van der Waals surface area contributed by atoms with Crippen LogP contribution in [0, 0.1) is 0 Å². The van der Waals surface area contributed by atoms with Crippen molar-refractivity contribution in [3.05, 3.63) is 0 Å². The highest BCUT2D eigenvalue weighted by atomic mass is 16.4. The van der Waals surface area contributed by atoms with Gasteiger partial charge in [-0.05, 0) is 26.1 Å². The average Bonchev–Trinajstić information content (AvgIpc) is 2.26. The van der Waals surface area contributed by atoms with E-state index in [4.69, 9.17) is 5.11 Å². The van der Waals surface area contributed by atoms with Crippen LogP contribution in [-0.4, -0.2) is 54.7 Å². The van der Waals surface area contributed by atoms with Crippen molar-refractivity contribution in [3.8, 4) is 0 Å². The summed E-state index contributed by atoms with van der Waals surface area (Å²) in [6, 6.07) is -0.429. The van der Waals surface area contributed by atoms with Crippen LogP contribution in [0.4, 0.5) is 4.79 Å². The lowest BCUT2D eigenvalue weighted by Crippen LogP contribution is -2.39. The molecule has 3 N–H and O–H groups in total. The SMILES string of the molecule is CCN(CC)CCCNC(=O)NCC(=O)O. The Morgan fingerprint density at radius 3 is 2.31 bits per heavy atom. The molecule has 0 aliphatic carbocycles. The Kier molecular flexibility index (Phi) is 8.24. The van der Waals surface area contributed by atoms with Gasteiger partial charge in [0.15, 0.2) is 0 Å². The highest BCUT2D eigenvalue weighted by molar-refractivity contribution is 5.79. The standard InChI is InChI=1S/C10H21N3O3/c1-3-13(4-2)7-5-6-11-10(16)12-8-9(14)15/h3-8H2,1-2H3,(H,14,15)(H2,11,12,16). The van der Waals surface area contributed by atoms with Crippen molar-refractivity contribution >= 4 is 12.0 Å². The molecule has 0 aliphatic rings. The van der Waals surface area contributed by atoms with Gasteiger partial charge in [-0.1, -0.05) is 13.8 Å². The first-order chi connectivity index (χ1) is 7.60. The van der Waals surface area contributed by atoms with Gasteiger partial charge in [-0.2, -0.15) is 0 Å². The second kappa shape index (κ2) is 8.96. The van der Waals surface area contributed by atoms with Crippen LogP contribution in [0.3, 0.4) is 0 Å². The summed E-state index contributed by atoms with van der Waals surface area (Å²) in [6.07, 6.45) is 0.863. The van der Waals surface area contributed by atoms with Gasteiger partial charge < -0.3 is 20.6 Å². The highest BCUT2D eigenvalue weighted by Gasteiger charge is 2.02. The van der Waals surface area contributed by atoms with E-state index in [-0.39, 0.29) is 6.54 Å². The number of carbonyl (C=O) groups excluding carboxylic acids is 1. The fourth-order valence-electron chi connectivity index (χ4n) is 1.26. The molecule has 0 bridgehead atoms. The van der Waals surface area contributed by atoms with Crippen LogP contribution in [0.5, 0.6) is 0 Å². The number of aliphatic carboxylic acids is 1. The third kappa shape index (κ3) is 8.05. The van der Waals surface area contributed by atoms with Gasteiger partial charge in [-0.15, -0.1) is 0 Å². The zero-order valence-electron chi connectivity index (χ0n) is 9.95. The number of carbonyl (C=O) groups is 2. The Balaban J connectivity index is 3.43. The van der Waals surface area contributed by atoms with Crippen LogP contribution < -0.4 is 10.6 Å². The largest absolute Gasteiger partial charge is 0.480 e. The zero-order chi connectivity index (χ0) is 12.4. The summed E-state index contributed by atoms with van der Waals surface area (Å²) in [5.74, 6) is -1.04. The summed E-state index contributed by atoms with van der Waals surface area (Å²) in [4.78, 5) is 23.4. The number of hydrogen-bond acceptors (Lipinski definition) is 3. The maximum Gasteiger partial charge on any atom is 0.323 e. The van der Waals surface area contributed by atoms with Crippen LogP contribution in [0.2, 0.25) is 0 Å². The number of nitrogens with one attached hydrogen (secondary N) is 2. The molecule has 0 unspecified atom stereocenters. The monoisotopic (exact) mass is 231 g/mol. The first kappa shape index (κ1) is 14.7. The van der Waals surface area contributed by atoms with Crippen molar-refractivity contribution in [1.82, 2.24) is 15.5 Å². The summed E-state index contributed by atoms with van der Waals surface area (Å²) in [5, 5.41) is 13.2. The molecule has 16 heavy (non-hydrogen) atoms. The molecule has 0 atom stereocenters. The van der Waals surface area contributed by atoms with Crippen molar-refractivity contribution in [3.63, 3.8) is 0 Å². The van der Waals surface area contributed by atoms with E-state index in [1.807, 2.05) is 0 Å². The third-order valence-electron chi connectivity index (χ3n) is 2.23. The van der Waals surface area contributed by atoms with E-state index in [1.165, 1.54) is 0 Å². The van der Waals surface area contributed by atoms with E-state index in [0.717, 1.165) is 26.1 Å². The number of hydrogen-bond donors (Lipinski definition) is 3. The lowest BCUT2D eigenvalue weighted by molar-refractivity contribution is -0.135. The molecule has 0 heterocycles. The first-order valence-electron chi connectivity index (χ1n) is 5.56. The molecule has 0 fully saturated rings. The average molecular weight is 231 g/mol. The molecule has 0 rings (SSSR count). The summed E-state index contributed by atoms with van der Waals surface area (Å²) in [6.45, 7) is 7.34. The van der Waals surface area contributed by atoms with Gasteiger partial charge in [0.2, 0.25) is 0 Å². The van der Waals surface area contributed by atoms with Crippen LogP contribution in [0.15, 0.2) is 0 Å². The van der Waals surface area contributed by atoms with Gasteiger partial charge in [0.1, 0.15) is 6.54 Å². The molecular formula is C10H21N3O3. The molecule has 94 valence electrons. The van der Waals surface area contributed by atoms with Crippen molar-refractivity contribution in [2.24, 2.45) is 0 Å². The van der Waals surface area contributed by atoms with Gasteiger partial charge in [0.25, 0.3) is 0 Å². The third-order valence-corrected chi connectivity index (χ3v) is 2.23. The van der Waals surface area contributed by atoms with E-state index < -0.39 is 12.0 Å². The molecule has 0 aromatic carbocycles. The highest BCUT2D eigenvalue weighted by Crippen LogP contribution is 1.88. The lowest BCUT2D eigenvalue weighted by Gasteiger charge is -2.17. The molecule has 6 heteroatoms. The van der Waals surface area contributed by atoms with Gasteiger partial charge in [0.05, 0.1) is 0 Å². The minimum absolute atomic E-state index is 0.345. The van der Waals surface area contributed by atoms with Crippen molar-refractivity contribution < 1.29 is 14.7 Å². The fraction of sp³-hybridized carbons (Fsp3) is 0.800. The molecule has 0 saturated carbocycles. The number of rotatable bonds is 8. The van der Waals surface area contributed by atoms with Crippen molar-refractivity contribution in [2.75, 3.05) is 32.7 Å². The minimum atomic E-state index is -1.04. The quantitative estimate of drug-likeness (QED) is 0.518. The van der Waals surface area contributed by atoms with E-state index >= 15 is 0 Å². The Bertz CT molecular complexity index is 217. The fourth-order valence-corrected chi connectivity index (χ4v) is 1.26. The van der Waals surface area contributed by atoms with Crippen LogP contribution in [0.1, 0.15) is 20.3 Å². The number of urea groups is 1. The van der Waals surface area contributed by atoms with E-state index in [9.17, 15) is 9.59 Å². The Labute approximate surface area is 96.0 Å². The minimum Gasteiger partial charge on any atom is -0.480 e. The number of nitrogens with zero attached hydrogens (tertiary/aromatic N) is 1. The second-order valence-electron chi connectivity index (χ2n) is 3.38. The topological polar surface area (TPSA) is 81.7 Å². The number of amides is 2. The summed E-state index contributed by atoms with van der Waals surface area (Å²) in [7, 11) is 0. The molecule has 0 aromatic rings. The lowest BCUT2D eigenvalue weighted by atomic mass is 10.3. The van der Waals surface area contributed by atoms with Gasteiger partial charge in [-0.25, -0.2) is 4.79 Å². The normalized spacial score (nSPS) is 10.2. The van der Waals surface area contributed by atoms with Gasteiger partial charge in [-0.3, -0.25) is 4.79 Å². The van der Waals surface area contributed by atoms with E-state index in [0.29, 0.717) is 6.54 Å². The van der Waals surface area contributed by atoms with Gasteiger partial charge in [0, 0.05) is 6.54 Å². The Morgan fingerprint density at radius 1 is 1.19 bits per heavy atom. The molecular weight excluding hydrogens is 210 g/mol. The Morgan fingerprint density at radius 2 is 1.81 bits per heavy atom. The van der Waals surface area contributed by atoms with Crippen LogP contribution in [0.25, 0.3) is 0 Å². The summed E-state index contributed by atoms with van der Waals surface area (Å²) in [5.41, 5.74) is 0. The van der Waals surface area contributed by atoms with E-state index in [2.05, 4.69) is 29.4 Å². The molecule has 6 nitrogen and oxygen atoms in total. The smallest absolute Gasteiger partial charge is 0.323 e. The maximum atomic E-state index is 11.0. The van der Waals surface area contributed by atoms with Crippen molar-refractivity contribution in [1.29, 1.82) is 0 Å². The maximum absolute atomic E-state index is 11.0. The Hall–Kier alpha value is -1.30. The number of carboxylic acids is 1. The number of carboxylic acid groups (broad SMARTS) is 1. The molecule has 2 amide bonds.